The Morgan fingerprint density at radius 1 is 1.17 bits per heavy atom. The highest BCUT2D eigenvalue weighted by molar-refractivity contribution is 5.70. The van der Waals surface area contributed by atoms with Crippen LogP contribution >= 0.6 is 0 Å². The van der Waals surface area contributed by atoms with Gasteiger partial charge in [0.1, 0.15) is 5.75 Å². The summed E-state index contributed by atoms with van der Waals surface area (Å²) in [6.07, 6.45) is 4.95. The van der Waals surface area contributed by atoms with E-state index < -0.39 is 6.09 Å². The van der Waals surface area contributed by atoms with Gasteiger partial charge in [0.2, 0.25) is 0 Å². The molecule has 18 heavy (non-hydrogen) atoms. The van der Waals surface area contributed by atoms with Crippen LogP contribution < -0.4 is 15.8 Å². The molecule has 0 spiro atoms. The molecule has 0 radical (unpaired) electrons. The molecule has 0 aliphatic heterocycles. The van der Waals surface area contributed by atoms with Gasteiger partial charge in [-0.05, 0) is 25.0 Å². The highest BCUT2D eigenvalue weighted by Crippen LogP contribution is 2.17. The summed E-state index contributed by atoms with van der Waals surface area (Å²) in [6.45, 7) is 0. The highest BCUT2D eigenvalue weighted by Gasteiger charge is 2.22. The zero-order valence-corrected chi connectivity index (χ0v) is 10.5. The number of ether oxygens (including phenoxy) is 1. The predicted octanol–water partition coefficient (Wildman–Crippen LogP) is 2.44. The number of hydrogen-bond acceptors (Lipinski definition) is 3. The minimum atomic E-state index is -0.413. The van der Waals surface area contributed by atoms with Crippen molar-refractivity contribution in [1.29, 1.82) is 0 Å². The van der Waals surface area contributed by atoms with Crippen molar-refractivity contribution in [3.05, 3.63) is 30.3 Å². The molecule has 98 valence electrons. The lowest BCUT2D eigenvalue weighted by atomic mass is 10.0. The minimum Gasteiger partial charge on any atom is -0.410 e. The van der Waals surface area contributed by atoms with E-state index in [9.17, 15) is 4.79 Å². The third-order valence-corrected chi connectivity index (χ3v) is 3.33. The maximum Gasteiger partial charge on any atom is 0.412 e. The van der Waals surface area contributed by atoms with E-state index in [4.69, 9.17) is 10.5 Å². The fourth-order valence-corrected chi connectivity index (χ4v) is 2.29. The van der Waals surface area contributed by atoms with Gasteiger partial charge in [-0.15, -0.1) is 0 Å². The van der Waals surface area contributed by atoms with Gasteiger partial charge in [0, 0.05) is 12.1 Å². The molecule has 1 saturated carbocycles. The van der Waals surface area contributed by atoms with Gasteiger partial charge in [-0.1, -0.05) is 37.5 Å². The number of para-hydroxylation sites is 1. The number of benzene rings is 1. The second kappa shape index (κ2) is 6.40. The summed E-state index contributed by atoms with van der Waals surface area (Å²) in [5, 5.41) is 2.87. The molecule has 2 unspecified atom stereocenters. The lowest BCUT2D eigenvalue weighted by molar-refractivity contribution is 0.193. The van der Waals surface area contributed by atoms with Gasteiger partial charge >= 0.3 is 6.09 Å². The summed E-state index contributed by atoms with van der Waals surface area (Å²) in [7, 11) is 0. The number of nitrogens with two attached hydrogens (primary N) is 1. The van der Waals surface area contributed by atoms with Gasteiger partial charge in [0.15, 0.2) is 0 Å². The quantitative estimate of drug-likeness (QED) is 0.790. The number of carbonyl (C=O) groups excluding carboxylic acids is 1. The Balaban J connectivity index is 1.86. The Bertz CT molecular complexity index is 381. The summed E-state index contributed by atoms with van der Waals surface area (Å²) >= 11 is 0. The molecule has 0 bridgehead atoms. The third-order valence-electron chi connectivity index (χ3n) is 3.33. The van der Waals surface area contributed by atoms with Crippen LogP contribution in [0.4, 0.5) is 4.79 Å². The summed E-state index contributed by atoms with van der Waals surface area (Å²) in [5.41, 5.74) is 6.05. The minimum absolute atomic E-state index is 0.0312. The van der Waals surface area contributed by atoms with Crippen LogP contribution in [0.15, 0.2) is 30.3 Å². The van der Waals surface area contributed by atoms with Crippen LogP contribution in [0.25, 0.3) is 0 Å². The van der Waals surface area contributed by atoms with E-state index in [1.807, 2.05) is 18.2 Å². The van der Waals surface area contributed by atoms with Crippen molar-refractivity contribution < 1.29 is 9.53 Å². The van der Waals surface area contributed by atoms with Gasteiger partial charge in [-0.25, -0.2) is 4.79 Å². The summed E-state index contributed by atoms with van der Waals surface area (Å²) in [6, 6.07) is 9.13. The zero-order valence-electron chi connectivity index (χ0n) is 10.5. The van der Waals surface area contributed by atoms with E-state index in [0.717, 1.165) is 25.7 Å². The molecular formula is C14H20N2O2. The number of carbonyl (C=O) groups is 1. The molecule has 0 saturated heterocycles. The highest BCUT2D eigenvalue weighted by atomic mass is 16.6. The van der Waals surface area contributed by atoms with E-state index in [1.54, 1.807) is 12.1 Å². The van der Waals surface area contributed by atoms with Crippen LogP contribution in [0.3, 0.4) is 0 Å². The van der Waals surface area contributed by atoms with Crippen molar-refractivity contribution >= 4 is 6.09 Å². The second-order valence-corrected chi connectivity index (χ2v) is 4.76. The molecule has 1 amide bonds. The van der Waals surface area contributed by atoms with E-state index in [1.165, 1.54) is 6.42 Å². The van der Waals surface area contributed by atoms with Crippen molar-refractivity contribution in [2.45, 2.75) is 44.2 Å². The average Bonchev–Trinajstić information content (AvgIpc) is 2.56. The summed E-state index contributed by atoms with van der Waals surface area (Å²) in [4.78, 5) is 11.7. The van der Waals surface area contributed by atoms with E-state index in [0.29, 0.717) is 5.75 Å². The Morgan fingerprint density at radius 3 is 2.67 bits per heavy atom. The van der Waals surface area contributed by atoms with Crippen LogP contribution in [0.1, 0.15) is 32.1 Å². The van der Waals surface area contributed by atoms with Gasteiger partial charge < -0.3 is 15.8 Å². The number of nitrogens with one attached hydrogen (secondary N) is 1. The molecular weight excluding hydrogens is 228 g/mol. The van der Waals surface area contributed by atoms with Crippen molar-refractivity contribution in [3.8, 4) is 5.75 Å². The normalized spacial score (nSPS) is 24.1. The molecule has 1 aromatic rings. The van der Waals surface area contributed by atoms with Crippen LogP contribution in [-0.4, -0.2) is 18.2 Å². The second-order valence-electron chi connectivity index (χ2n) is 4.76. The van der Waals surface area contributed by atoms with Crippen molar-refractivity contribution in [3.63, 3.8) is 0 Å². The van der Waals surface area contributed by atoms with Crippen LogP contribution in [0.2, 0.25) is 0 Å². The lowest BCUT2D eigenvalue weighted by Gasteiger charge is -2.22. The molecule has 1 fully saturated rings. The van der Waals surface area contributed by atoms with Crippen LogP contribution in [0, 0.1) is 0 Å². The van der Waals surface area contributed by atoms with Crippen molar-refractivity contribution in [1.82, 2.24) is 5.32 Å². The monoisotopic (exact) mass is 248 g/mol. The first-order chi connectivity index (χ1) is 8.75. The Hall–Kier alpha value is -1.55. The SMILES string of the molecule is NC1CCCCCC1NC(=O)Oc1ccccc1. The van der Waals surface area contributed by atoms with Gasteiger partial charge in [-0.2, -0.15) is 0 Å². The molecule has 2 atom stereocenters. The fraction of sp³-hybridized carbons (Fsp3) is 0.500. The number of amides is 1. The molecule has 3 N–H and O–H groups in total. The molecule has 4 heteroatoms. The lowest BCUT2D eigenvalue weighted by Crippen LogP contribution is -2.47. The Morgan fingerprint density at radius 2 is 1.89 bits per heavy atom. The smallest absolute Gasteiger partial charge is 0.410 e. The van der Waals surface area contributed by atoms with Crippen molar-refractivity contribution in [2.75, 3.05) is 0 Å². The third kappa shape index (κ3) is 3.74. The number of rotatable bonds is 2. The van der Waals surface area contributed by atoms with Crippen molar-refractivity contribution in [2.24, 2.45) is 5.73 Å². The molecule has 1 aromatic carbocycles. The fourth-order valence-electron chi connectivity index (χ4n) is 2.29. The van der Waals surface area contributed by atoms with E-state index >= 15 is 0 Å². The summed E-state index contributed by atoms with van der Waals surface area (Å²) in [5.74, 6) is 0.553. The van der Waals surface area contributed by atoms with Gasteiger partial charge in [0.05, 0.1) is 0 Å². The van der Waals surface area contributed by atoms with Crippen LogP contribution in [-0.2, 0) is 0 Å². The topological polar surface area (TPSA) is 64.3 Å². The Kier molecular flexibility index (Phi) is 4.59. The van der Waals surface area contributed by atoms with Crippen LogP contribution in [0.5, 0.6) is 5.75 Å². The first kappa shape index (κ1) is 12.9. The zero-order chi connectivity index (χ0) is 12.8. The van der Waals surface area contributed by atoms with Gasteiger partial charge in [-0.3, -0.25) is 0 Å². The predicted molar refractivity (Wildman–Crippen MR) is 70.5 cm³/mol. The summed E-state index contributed by atoms with van der Waals surface area (Å²) < 4.78 is 5.20. The number of hydrogen-bond donors (Lipinski definition) is 2. The van der Waals surface area contributed by atoms with E-state index in [-0.39, 0.29) is 12.1 Å². The standard InChI is InChI=1S/C14H20N2O2/c15-12-9-5-2-6-10-13(12)16-14(17)18-11-7-3-1-4-8-11/h1,3-4,7-8,12-13H,2,5-6,9-10,15H2,(H,16,17). The van der Waals surface area contributed by atoms with Gasteiger partial charge in [0.25, 0.3) is 0 Å². The molecule has 2 rings (SSSR count). The maximum absolute atomic E-state index is 11.7. The molecule has 4 nitrogen and oxygen atoms in total. The van der Waals surface area contributed by atoms with E-state index in [2.05, 4.69) is 5.32 Å². The molecule has 0 heterocycles. The maximum atomic E-state index is 11.7. The molecule has 1 aliphatic rings. The average molecular weight is 248 g/mol. The molecule has 1 aliphatic carbocycles. The largest absolute Gasteiger partial charge is 0.412 e. The first-order valence-electron chi connectivity index (χ1n) is 6.54. The first-order valence-corrected chi connectivity index (χ1v) is 6.54. The Labute approximate surface area is 108 Å². The molecule has 0 aromatic heterocycles.